The predicted molar refractivity (Wildman–Crippen MR) is 91.1 cm³/mol. The number of nitrogens with zero attached hydrogens (tertiary/aromatic N) is 7. The van der Waals surface area contributed by atoms with Crippen molar-refractivity contribution in [1.82, 2.24) is 40.4 Å². The van der Waals surface area contributed by atoms with E-state index in [-0.39, 0.29) is 5.82 Å². The first-order valence-electron chi connectivity index (χ1n) is 8.13. The maximum atomic E-state index is 13.0. The maximum Gasteiger partial charge on any atom is 0.204 e. The summed E-state index contributed by atoms with van der Waals surface area (Å²) < 4.78 is 13.0. The third-order valence-corrected chi connectivity index (χ3v) is 3.78. The number of tetrazole rings is 1. The quantitative estimate of drug-likeness (QED) is 0.573. The van der Waals surface area contributed by atoms with Crippen LogP contribution in [0.5, 0.6) is 0 Å². The van der Waals surface area contributed by atoms with Crippen LogP contribution in [0.4, 0.5) is 4.39 Å². The van der Waals surface area contributed by atoms with Gasteiger partial charge >= 0.3 is 0 Å². The van der Waals surface area contributed by atoms with E-state index in [0.29, 0.717) is 24.6 Å². The van der Waals surface area contributed by atoms with Crippen molar-refractivity contribution in [3.05, 3.63) is 60.4 Å². The van der Waals surface area contributed by atoms with Gasteiger partial charge in [-0.05, 0) is 48.0 Å². The first-order chi connectivity index (χ1) is 12.8. The summed E-state index contributed by atoms with van der Waals surface area (Å²) >= 11 is 0. The summed E-state index contributed by atoms with van der Waals surface area (Å²) in [6.45, 7) is 0.594. The minimum atomic E-state index is -0.293. The molecule has 0 atom stereocenters. The molecule has 26 heavy (non-hydrogen) atoms. The van der Waals surface area contributed by atoms with Crippen LogP contribution in [0.15, 0.2) is 48.8 Å². The first kappa shape index (κ1) is 16.0. The normalized spacial score (nSPS) is 11.0. The molecule has 130 valence electrons. The number of rotatable bonds is 6. The van der Waals surface area contributed by atoms with Crippen LogP contribution in [-0.4, -0.2) is 40.4 Å². The molecule has 4 rings (SSSR count). The molecule has 9 heteroatoms. The van der Waals surface area contributed by atoms with Gasteiger partial charge in [-0.25, -0.2) is 9.37 Å². The average molecular weight is 350 g/mol. The molecule has 0 aliphatic rings. The third kappa shape index (κ3) is 3.61. The Bertz CT molecular complexity index is 977. The molecular weight excluding hydrogens is 335 g/mol. The molecule has 0 fully saturated rings. The molecule has 0 aliphatic heterocycles. The number of pyridine rings is 1. The highest BCUT2D eigenvalue weighted by molar-refractivity contribution is 5.53. The van der Waals surface area contributed by atoms with Crippen molar-refractivity contribution in [3.8, 4) is 22.8 Å². The lowest BCUT2D eigenvalue weighted by molar-refractivity contribution is 0.496. The Morgan fingerprint density at radius 2 is 1.92 bits per heavy atom. The molecule has 0 bridgehead atoms. The van der Waals surface area contributed by atoms with Crippen LogP contribution >= 0.6 is 0 Å². The summed E-state index contributed by atoms with van der Waals surface area (Å²) in [4.78, 5) is 10.1. The fraction of sp³-hybridized carbons (Fsp3) is 0.176. The van der Waals surface area contributed by atoms with E-state index in [0.717, 1.165) is 23.4 Å². The Balaban J connectivity index is 1.34. The lowest BCUT2D eigenvalue weighted by atomic mass is 10.2. The van der Waals surface area contributed by atoms with Gasteiger partial charge in [0.1, 0.15) is 11.6 Å². The number of hydrogen-bond donors (Lipinski definition) is 1. The van der Waals surface area contributed by atoms with Crippen molar-refractivity contribution in [1.29, 1.82) is 0 Å². The molecular formula is C17H15FN8. The number of aromatic amines is 1. The van der Waals surface area contributed by atoms with Crippen molar-refractivity contribution in [2.45, 2.75) is 19.4 Å². The Morgan fingerprint density at radius 1 is 1.04 bits per heavy atom. The van der Waals surface area contributed by atoms with E-state index in [1.807, 2.05) is 12.1 Å². The third-order valence-electron chi connectivity index (χ3n) is 3.78. The molecule has 0 aliphatic carbocycles. The number of benzene rings is 1. The number of aromatic nitrogens is 8. The lowest BCUT2D eigenvalue weighted by Crippen LogP contribution is -2.04. The second kappa shape index (κ2) is 7.18. The second-order valence-electron chi connectivity index (χ2n) is 5.67. The minimum Gasteiger partial charge on any atom is -0.264 e. The zero-order chi connectivity index (χ0) is 17.8. The van der Waals surface area contributed by atoms with Gasteiger partial charge in [0, 0.05) is 29.9 Å². The van der Waals surface area contributed by atoms with E-state index in [4.69, 9.17) is 0 Å². The maximum absolute atomic E-state index is 13.0. The van der Waals surface area contributed by atoms with Crippen LogP contribution < -0.4 is 0 Å². The summed E-state index contributed by atoms with van der Waals surface area (Å²) in [7, 11) is 0. The second-order valence-corrected chi connectivity index (χ2v) is 5.67. The molecule has 0 unspecified atom stereocenters. The van der Waals surface area contributed by atoms with Crippen LogP contribution in [0.2, 0.25) is 0 Å². The van der Waals surface area contributed by atoms with E-state index >= 15 is 0 Å². The highest BCUT2D eigenvalue weighted by Gasteiger charge is 2.08. The smallest absolute Gasteiger partial charge is 0.204 e. The number of nitrogens with one attached hydrogen (secondary N) is 1. The fourth-order valence-corrected chi connectivity index (χ4v) is 2.47. The molecule has 3 heterocycles. The lowest BCUT2D eigenvalue weighted by Gasteiger charge is -1.97. The van der Waals surface area contributed by atoms with Crippen molar-refractivity contribution >= 4 is 0 Å². The zero-order valence-electron chi connectivity index (χ0n) is 13.7. The van der Waals surface area contributed by atoms with E-state index < -0.39 is 0 Å². The SMILES string of the molecule is Fc1ccc(-c2nnn(CCCc3nc(-c4cccnc4)n[nH]3)n2)cc1. The molecule has 1 N–H and O–H groups in total. The van der Waals surface area contributed by atoms with Gasteiger partial charge in [0.25, 0.3) is 0 Å². The van der Waals surface area contributed by atoms with Gasteiger partial charge in [0.05, 0.1) is 6.54 Å². The van der Waals surface area contributed by atoms with Gasteiger partial charge in [-0.1, -0.05) is 0 Å². The molecule has 0 saturated carbocycles. The zero-order valence-corrected chi connectivity index (χ0v) is 13.7. The van der Waals surface area contributed by atoms with Gasteiger partial charge in [0.15, 0.2) is 5.82 Å². The van der Waals surface area contributed by atoms with E-state index in [9.17, 15) is 4.39 Å². The van der Waals surface area contributed by atoms with Crippen molar-refractivity contribution in [3.63, 3.8) is 0 Å². The largest absolute Gasteiger partial charge is 0.264 e. The highest BCUT2D eigenvalue weighted by atomic mass is 19.1. The molecule has 3 aromatic heterocycles. The molecule has 0 amide bonds. The summed E-state index contributed by atoms with van der Waals surface area (Å²) in [5.74, 6) is 1.61. The van der Waals surface area contributed by atoms with Crippen molar-refractivity contribution < 1.29 is 4.39 Å². The predicted octanol–water partition coefficient (Wildman–Crippen LogP) is 2.29. The van der Waals surface area contributed by atoms with Gasteiger partial charge in [0.2, 0.25) is 5.82 Å². The summed E-state index contributed by atoms with van der Waals surface area (Å²) in [5.41, 5.74) is 1.60. The van der Waals surface area contributed by atoms with Crippen LogP contribution in [-0.2, 0) is 13.0 Å². The van der Waals surface area contributed by atoms with Crippen molar-refractivity contribution in [2.75, 3.05) is 0 Å². The molecule has 0 radical (unpaired) electrons. The van der Waals surface area contributed by atoms with E-state index in [2.05, 4.69) is 35.6 Å². The summed E-state index contributed by atoms with van der Waals surface area (Å²) in [6.07, 6.45) is 4.92. The van der Waals surface area contributed by atoms with E-state index in [1.54, 1.807) is 24.5 Å². The number of halogens is 1. The highest BCUT2D eigenvalue weighted by Crippen LogP contribution is 2.14. The topological polar surface area (TPSA) is 98.1 Å². The molecule has 0 spiro atoms. The number of aryl methyl sites for hydroxylation is 2. The number of hydrogen-bond acceptors (Lipinski definition) is 6. The average Bonchev–Trinajstić information content (AvgIpc) is 3.33. The molecule has 8 nitrogen and oxygen atoms in total. The van der Waals surface area contributed by atoms with Crippen LogP contribution in [0, 0.1) is 5.82 Å². The Morgan fingerprint density at radius 3 is 2.73 bits per heavy atom. The number of H-pyrrole nitrogens is 1. The van der Waals surface area contributed by atoms with Gasteiger partial charge in [-0.15, -0.1) is 10.2 Å². The van der Waals surface area contributed by atoms with Crippen molar-refractivity contribution in [2.24, 2.45) is 0 Å². The summed E-state index contributed by atoms with van der Waals surface area (Å²) in [5, 5.41) is 19.5. The monoisotopic (exact) mass is 350 g/mol. The Labute approximate surface area is 148 Å². The van der Waals surface area contributed by atoms with Crippen LogP contribution in [0.1, 0.15) is 12.2 Å². The van der Waals surface area contributed by atoms with Gasteiger partial charge in [-0.3, -0.25) is 10.1 Å². The molecule has 4 aromatic rings. The van der Waals surface area contributed by atoms with Gasteiger partial charge < -0.3 is 0 Å². The summed E-state index contributed by atoms with van der Waals surface area (Å²) in [6, 6.07) is 9.77. The van der Waals surface area contributed by atoms with Crippen LogP contribution in [0.3, 0.4) is 0 Å². The Kier molecular flexibility index (Phi) is 4.42. The minimum absolute atomic E-state index is 0.293. The Hall–Kier alpha value is -3.49. The molecule has 0 saturated heterocycles. The standard InChI is InChI=1S/C17H15FN8/c18-14-7-5-12(6-8-14)17-23-25-26(24-17)10-2-4-15-20-16(22-21-15)13-3-1-9-19-11-13/h1,3,5-9,11H,2,4,10H2,(H,20,21,22). The fourth-order valence-electron chi connectivity index (χ4n) is 2.47. The van der Waals surface area contributed by atoms with Crippen LogP contribution in [0.25, 0.3) is 22.8 Å². The first-order valence-corrected chi connectivity index (χ1v) is 8.13. The van der Waals surface area contributed by atoms with E-state index in [1.165, 1.54) is 16.9 Å². The van der Waals surface area contributed by atoms with Gasteiger partial charge in [-0.2, -0.15) is 9.90 Å². The molecule has 1 aromatic carbocycles.